The summed E-state index contributed by atoms with van der Waals surface area (Å²) in [5, 5.41) is 3.84. The zero-order chi connectivity index (χ0) is 14.0. The van der Waals surface area contributed by atoms with E-state index in [2.05, 4.69) is 19.2 Å². The molecule has 1 nitrogen and oxygen atoms in total. The van der Waals surface area contributed by atoms with Gasteiger partial charge < -0.3 is 5.32 Å². The van der Waals surface area contributed by atoms with Gasteiger partial charge in [-0.25, -0.2) is 0 Å². The topological polar surface area (TPSA) is 12.0 Å². The van der Waals surface area contributed by atoms with Crippen LogP contribution in [-0.2, 0) is 0 Å². The lowest BCUT2D eigenvalue weighted by molar-refractivity contribution is 0.0664. The number of rotatable bonds is 4. The highest BCUT2D eigenvalue weighted by molar-refractivity contribution is 4.91. The summed E-state index contributed by atoms with van der Waals surface area (Å²) in [7, 11) is 0. The normalized spacial score (nSPS) is 35.7. The second-order valence-electron chi connectivity index (χ2n) is 8.77. The Hall–Kier alpha value is -0.0400. The smallest absolute Gasteiger partial charge is 0.00683 e. The summed E-state index contributed by atoms with van der Waals surface area (Å²) in [6.45, 7) is 6.35. The Kier molecular flexibility index (Phi) is 4.75. The quantitative estimate of drug-likeness (QED) is 0.701. The molecule has 0 amide bonds. The molecule has 0 aromatic rings. The van der Waals surface area contributed by atoms with Crippen LogP contribution in [0.3, 0.4) is 0 Å². The van der Waals surface area contributed by atoms with Crippen molar-refractivity contribution >= 4 is 0 Å². The molecule has 0 aromatic carbocycles. The molecule has 3 saturated carbocycles. The Morgan fingerprint density at radius 3 is 2.25 bits per heavy atom. The Bertz CT molecular complexity index is 295. The Balaban J connectivity index is 1.62. The van der Waals surface area contributed by atoms with Crippen LogP contribution in [0.2, 0.25) is 0 Å². The van der Waals surface area contributed by atoms with Gasteiger partial charge in [-0.1, -0.05) is 52.4 Å². The van der Waals surface area contributed by atoms with Gasteiger partial charge in [0.15, 0.2) is 0 Å². The van der Waals surface area contributed by atoms with E-state index in [-0.39, 0.29) is 0 Å². The highest BCUT2D eigenvalue weighted by Crippen LogP contribution is 2.47. The van der Waals surface area contributed by atoms with Crippen LogP contribution in [0.5, 0.6) is 0 Å². The van der Waals surface area contributed by atoms with Crippen molar-refractivity contribution in [2.45, 2.75) is 90.5 Å². The van der Waals surface area contributed by atoms with E-state index >= 15 is 0 Å². The van der Waals surface area contributed by atoms with E-state index in [1.807, 2.05) is 0 Å². The first kappa shape index (κ1) is 14.9. The maximum Gasteiger partial charge on any atom is 0.00683 e. The molecule has 1 heteroatoms. The third kappa shape index (κ3) is 4.00. The second kappa shape index (κ2) is 6.38. The lowest BCUT2D eigenvalue weighted by Gasteiger charge is -2.44. The van der Waals surface area contributed by atoms with Gasteiger partial charge in [0.1, 0.15) is 0 Å². The standard InChI is InChI=1S/C19H35N/c1-19(2)12-11-16(14-20-17-9-10-17)18(13-19)15-7-5-3-4-6-8-15/h15-18,20H,3-14H2,1-2H3. The van der Waals surface area contributed by atoms with Gasteiger partial charge in [-0.05, 0) is 61.8 Å². The van der Waals surface area contributed by atoms with Gasteiger partial charge in [-0.3, -0.25) is 0 Å². The maximum absolute atomic E-state index is 3.84. The first-order valence-electron chi connectivity index (χ1n) is 9.37. The van der Waals surface area contributed by atoms with Crippen molar-refractivity contribution < 1.29 is 0 Å². The predicted molar refractivity (Wildman–Crippen MR) is 86.8 cm³/mol. The molecule has 0 aromatic heterocycles. The Labute approximate surface area is 126 Å². The minimum absolute atomic E-state index is 0.604. The van der Waals surface area contributed by atoms with Crippen LogP contribution >= 0.6 is 0 Å². The summed E-state index contributed by atoms with van der Waals surface area (Å²) in [6.07, 6.45) is 16.4. The van der Waals surface area contributed by atoms with E-state index in [1.54, 1.807) is 0 Å². The zero-order valence-corrected chi connectivity index (χ0v) is 13.8. The van der Waals surface area contributed by atoms with Crippen molar-refractivity contribution in [1.82, 2.24) is 5.32 Å². The molecule has 0 radical (unpaired) electrons. The molecule has 2 atom stereocenters. The molecular weight excluding hydrogens is 242 g/mol. The average Bonchev–Trinajstić information content (AvgIpc) is 3.23. The van der Waals surface area contributed by atoms with Gasteiger partial charge in [0, 0.05) is 6.04 Å². The molecule has 3 fully saturated rings. The van der Waals surface area contributed by atoms with E-state index < -0.39 is 0 Å². The van der Waals surface area contributed by atoms with Crippen LogP contribution in [0.15, 0.2) is 0 Å². The Morgan fingerprint density at radius 1 is 0.900 bits per heavy atom. The first-order valence-corrected chi connectivity index (χ1v) is 9.37. The highest BCUT2D eigenvalue weighted by Gasteiger charge is 2.39. The van der Waals surface area contributed by atoms with Gasteiger partial charge >= 0.3 is 0 Å². The summed E-state index contributed by atoms with van der Waals surface area (Å²) in [6, 6.07) is 0.889. The third-order valence-corrected chi connectivity index (χ3v) is 6.34. The van der Waals surface area contributed by atoms with Crippen molar-refractivity contribution in [3.63, 3.8) is 0 Å². The van der Waals surface area contributed by atoms with E-state index in [0.29, 0.717) is 5.41 Å². The van der Waals surface area contributed by atoms with Gasteiger partial charge in [0.25, 0.3) is 0 Å². The summed E-state index contributed by atoms with van der Waals surface area (Å²) in [5.74, 6) is 3.04. The van der Waals surface area contributed by atoms with Crippen molar-refractivity contribution in [2.75, 3.05) is 6.54 Å². The van der Waals surface area contributed by atoms with E-state index in [9.17, 15) is 0 Å². The molecular formula is C19H35N. The van der Waals surface area contributed by atoms with Crippen molar-refractivity contribution in [2.24, 2.45) is 23.2 Å². The van der Waals surface area contributed by atoms with Gasteiger partial charge in [-0.2, -0.15) is 0 Å². The molecule has 0 spiro atoms. The average molecular weight is 277 g/mol. The van der Waals surface area contributed by atoms with Crippen LogP contribution in [0.1, 0.15) is 84.5 Å². The molecule has 0 saturated heterocycles. The summed E-state index contributed by atoms with van der Waals surface area (Å²) in [5.41, 5.74) is 0.604. The summed E-state index contributed by atoms with van der Waals surface area (Å²) < 4.78 is 0. The lowest BCUT2D eigenvalue weighted by atomic mass is 9.62. The van der Waals surface area contributed by atoms with Crippen molar-refractivity contribution in [3.8, 4) is 0 Å². The molecule has 116 valence electrons. The monoisotopic (exact) mass is 277 g/mol. The summed E-state index contributed by atoms with van der Waals surface area (Å²) >= 11 is 0. The maximum atomic E-state index is 3.84. The van der Waals surface area contributed by atoms with Gasteiger partial charge in [-0.15, -0.1) is 0 Å². The minimum atomic E-state index is 0.604. The van der Waals surface area contributed by atoms with Gasteiger partial charge in [0.2, 0.25) is 0 Å². The van der Waals surface area contributed by atoms with Crippen LogP contribution in [0.4, 0.5) is 0 Å². The molecule has 3 aliphatic carbocycles. The first-order chi connectivity index (χ1) is 9.64. The third-order valence-electron chi connectivity index (χ3n) is 6.34. The predicted octanol–water partition coefficient (Wildman–Crippen LogP) is 5.15. The van der Waals surface area contributed by atoms with Crippen LogP contribution in [0, 0.1) is 23.2 Å². The second-order valence-corrected chi connectivity index (χ2v) is 8.77. The Morgan fingerprint density at radius 2 is 1.60 bits per heavy atom. The minimum Gasteiger partial charge on any atom is -0.314 e. The molecule has 2 unspecified atom stereocenters. The number of nitrogens with one attached hydrogen (secondary N) is 1. The van der Waals surface area contributed by atoms with Crippen LogP contribution in [-0.4, -0.2) is 12.6 Å². The molecule has 3 rings (SSSR count). The highest BCUT2D eigenvalue weighted by atomic mass is 14.9. The van der Waals surface area contributed by atoms with Crippen LogP contribution in [0.25, 0.3) is 0 Å². The molecule has 0 heterocycles. The fourth-order valence-electron chi connectivity index (χ4n) is 4.85. The molecule has 20 heavy (non-hydrogen) atoms. The largest absolute Gasteiger partial charge is 0.314 e. The number of hydrogen-bond donors (Lipinski definition) is 1. The van der Waals surface area contributed by atoms with E-state index in [0.717, 1.165) is 23.8 Å². The zero-order valence-electron chi connectivity index (χ0n) is 13.8. The molecule has 3 aliphatic rings. The number of hydrogen-bond acceptors (Lipinski definition) is 1. The van der Waals surface area contributed by atoms with Crippen molar-refractivity contribution in [3.05, 3.63) is 0 Å². The lowest BCUT2D eigenvalue weighted by Crippen LogP contribution is -2.39. The van der Waals surface area contributed by atoms with E-state index in [4.69, 9.17) is 0 Å². The van der Waals surface area contributed by atoms with Crippen LogP contribution < -0.4 is 5.32 Å². The molecule has 0 bridgehead atoms. The van der Waals surface area contributed by atoms with Crippen molar-refractivity contribution in [1.29, 1.82) is 0 Å². The van der Waals surface area contributed by atoms with E-state index in [1.165, 1.54) is 77.2 Å². The molecule has 0 aliphatic heterocycles. The summed E-state index contributed by atoms with van der Waals surface area (Å²) in [4.78, 5) is 0. The SMILES string of the molecule is CC1(C)CCC(CNC2CC2)C(C2CCCCCC2)C1. The fourth-order valence-corrected chi connectivity index (χ4v) is 4.85. The van der Waals surface area contributed by atoms with Gasteiger partial charge in [0.05, 0.1) is 0 Å². The molecule has 1 N–H and O–H groups in total. The fraction of sp³-hybridized carbons (Fsp3) is 1.00.